The molecule has 0 heterocycles. The molecule has 0 aromatic heterocycles. The molecule has 0 aliphatic carbocycles. The minimum Gasteiger partial charge on any atom is -0.303 e. The maximum atomic E-state index is 9.89. The number of rotatable bonds is 3. The second-order valence-electron chi connectivity index (χ2n) is 1.90. The molecule has 0 fully saturated rings. The molecule has 1 nitrogen and oxygen atoms in total. The van der Waals surface area contributed by atoms with Gasteiger partial charge < -0.3 is 4.79 Å². The summed E-state index contributed by atoms with van der Waals surface area (Å²) < 4.78 is 0. The molecule has 0 aliphatic rings. The molecule has 0 aromatic rings. The topological polar surface area (TPSA) is 17.1 Å². The highest BCUT2D eigenvalue weighted by Crippen LogP contribution is 1.98. The highest BCUT2D eigenvalue weighted by molar-refractivity contribution is 5.75. The third kappa shape index (κ3) is 6.20. The number of hydrogen-bond acceptors (Lipinski definition) is 1. The van der Waals surface area contributed by atoms with Crippen molar-refractivity contribution in [3.63, 3.8) is 0 Å². The number of carbonyl (C=O) groups is 1. The second kappa shape index (κ2) is 7.20. The van der Waals surface area contributed by atoms with Gasteiger partial charge in [-0.25, -0.2) is 0 Å². The molecule has 1 unspecified atom stereocenters. The normalized spacial score (nSPS) is 11.8. The van der Waals surface area contributed by atoms with E-state index in [0.29, 0.717) is 0 Å². The summed E-state index contributed by atoms with van der Waals surface area (Å²) in [4.78, 5) is 9.89. The molecule has 0 aromatic carbocycles. The van der Waals surface area contributed by atoms with Crippen LogP contribution in [0.15, 0.2) is 0 Å². The van der Waals surface area contributed by atoms with Crippen molar-refractivity contribution in [2.75, 3.05) is 0 Å². The standard InChI is InChI=1S/C6H12O.Al.3H/c1-3-4-6(2)5-7;;;;/h5-6H,3-4H2,1-2H3;;;;. The highest BCUT2D eigenvalue weighted by atomic mass is 27.0. The van der Waals surface area contributed by atoms with E-state index in [9.17, 15) is 4.79 Å². The van der Waals surface area contributed by atoms with Gasteiger partial charge in [0.15, 0.2) is 17.4 Å². The molecular weight excluding hydrogens is 115 g/mol. The fourth-order valence-electron chi connectivity index (χ4n) is 0.523. The van der Waals surface area contributed by atoms with E-state index in [1.54, 1.807) is 0 Å². The predicted octanol–water partition coefficient (Wildman–Crippen LogP) is 0.438. The summed E-state index contributed by atoms with van der Waals surface area (Å²) >= 11 is 0. The average Bonchev–Trinajstić information content (AvgIpc) is 1.68. The van der Waals surface area contributed by atoms with Crippen molar-refractivity contribution in [1.29, 1.82) is 0 Å². The largest absolute Gasteiger partial charge is 0.303 e. The lowest BCUT2D eigenvalue weighted by molar-refractivity contribution is -0.110. The van der Waals surface area contributed by atoms with Gasteiger partial charge in [0, 0.05) is 5.92 Å². The average molecular weight is 130 g/mol. The Morgan fingerprint density at radius 3 is 2.25 bits per heavy atom. The smallest absolute Gasteiger partial charge is 0.187 e. The van der Waals surface area contributed by atoms with Crippen molar-refractivity contribution >= 4 is 23.6 Å². The third-order valence-electron chi connectivity index (χ3n) is 0.976. The summed E-state index contributed by atoms with van der Waals surface area (Å²) in [5, 5.41) is 0. The first-order valence-corrected chi connectivity index (χ1v) is 2.76. The van der Waals surface area contributed by atoms with E-state index in [-0.39, 0.29) is 23.3 Å². The molecule has 2 heteroatoms. The zero-order chi connectivity index (χ0) is 5.70. The monoisotopic (exact) mass is 130 g/mol. The van der Waals surface area contributed by atoms with E-state index in [1.165, 1.54) is 0 Å². The van der Waals surface area contributed by atoms with Crippen molar-refractivity contribution in [3.8, 4) is 0 Å². The van der Waals surface area contributed by atoms with Crippen LogP contribution in [0.3, 0.4) is 0 Å². The van der Waals surface area contributed by atoms with Gasteiger partial charge in [-0.1, -0.05) is 20.3 Å². The third-order valence-corrected chi connectivity index (χ3v) is 0.976. The van der Waals surface area contributed by atoms with E-state index in [0.717, 1.165) is 19.1 Å². The molecule has 8 heavy (non-hydrogen) atoms. The van der Waals surface area contributed by atoms with Crippen molar-refractivity contribution in [3.05, 3.63) is 0 Å². The summed E-state index contributed by atoms with van der Waals surface area (Å²) in [6.45, 7) is 4.02. The lowest BCUT2D eigenvalue weighted by Gasteiger charge is -1.94. The van der Waals surface area contributed by atoms with E-state index in [1.807, 2.05) is 6.92 Å². The van der Waals surface area contributed by atoms with E-state index in [2.05, 4.69) is 6.92 Å². The van der Waals surface area contributed by atoms with Crippen LogP contribution in [-0.2, 0) is 4.79 Å². The lowest BCUT2D eigenvalue weighted by atomic mass is 10.1. The number of carbonyl (C=O) groups excluding carboxylic acids is 1. The van der Waals surface area contributed by atoms with Crippen LogP contribution in [0.25, 0.3) is 0 Å². The van der Waals surface area contributed by atoms with Crippen LogP contribution in [0.1, 0.15) is 26.7 Å². The summed E-state index contributed by atoms with van der Waals surface area (Å²) in [6.07, 6.45) is 3.15. The molecule has 0 saturated heterocycles. The summed E-state index contributed by atoms with van der Waals surface area (Å²) in [7, 11) is 0. The van der Waals surface area contributed by atoms with Gasteiger partial charge in [0.05, 0.1) is 0 Å². The first-order chi connectivity index (χ1) is 3.31. The molecule has 0 N–H and O–H groups in total. The van der Waals surface area contributed by atoms with Gasteiger partial charge in [0.2, 0.25) is 0 Å². The minimum atomic E-state index is 0. The fourth-order valence-corrected chi connectivity index (χ4v) is 0.523. The SMILES string of the molecule is CCCC(C)C=O.[AlH3]. The molecule has 0 bridgehead atoms. The Hall–Kier alpha value is 0.202. The Kier molecular flexibility index (Phi) is 9.96. The van der Waals surface area contributed by atoms with Crippen LogP contribution in [0, 0.1) is 5.92 Å². The van der Waals surface area contributed by atoms with Gasteiger partial charge in [-0.3, -0.25) is 0 Å². The van der Waals surface area contributed by atoms with Crippen LogP contribution in [0.4, 0.5) is 0 Å². The molecule has 0 radical (unpaired) electrons. The van der Waals surface area contributed by atoms with Crippen LogP contribution >= 0.6 is 0 Å². The molecule has 0 spiro atoms. The van der Waals surface area contributed by atoms with Crippen LogP contribution in [0.5, 0.6) is 0 Å². The van der Waals surface area contributed by atoms with Gasteiger partial charge in [-0.15, -0.1) is 0 Å². The van der Waals surface area contributed by atoms with Gasteiger partial charge in [0.25, 0.3) is 0 Å². The first-order valence-electron chi connectivity index (χ1n) is 2.76. The summed E-state index contributed by atoms with van der Waals surface area (Å²) in [5.41, 5.74) is 0. The van der Waals surface area contributed by atoms with Crippen LogP contribution in [-0.4, -0.2) is 23.6 Å². The Labute approximate surface area is 61.6 Å². The summed E-state index contributed by atoms with van der Waals surface area (Å²) in [6, 6.07) is 0. The summed E-state index contributed by atoms with van der Waals surface area (Å²) in [5.74, 6) is 0.269. The maximum Gasteiger partial charge on any atom is 0.187 e. The second-order valence-corrected chi connectivity index (χ2v) is 1.90. The molecule has 0 aliphatic heterocycles. The van der Waals surface area contributed by atoms with Crippen LogP contribution in [0.2, 0.25) is 0 Å². The quantitative estimate of drug-likeness (QED) is 0.400. The molecule has 0 saturated carbocycles. The van der Waals surface area contributed by atoms with E-state index in [4.69, 9.17) is 0 Å². The Morgan fingerprint density at radius 1 is 1.62 bits per heavy atom. The van der Waals surface area contributed by atoms with Crippen molar-refractivity contribution in [2.45, 2.75) is 26.7 Å². The molecule has 0 amide bonds. The molecule has 48 valence electrons. The molecular formula is C6H15AlO. The Morgan fingerprint density at radius 2 is 2.12 bits per heavy atom. The van der Waals surface area contributed by atoms with E-state index >= 15 is 0 Å². The zero-order valence-corrected chi connectivity index (χ0v) is 4.98. The fraction of sp³-hybridized carbons (Fsp3) is 0.833. The highest BCUT2D eigenvalue weighted by Gasteiger charge is 1.93. The Balaban J connectivity index is 0. The maximum absolute atomic E-state index is 9.89. The van der Waals surface area contributed by atoms with E-state index < -0.39 is 0 Å². The Bertz CT molecular complexity index is 54.5. The van der Waals surface area contributed by atoms with Gasteiger partial charge in [-0.05, 0) is 6.42 Å². The van der Waals surface area contributed by atoms with Gasteiger partial charge in [0.1, 0.15) is 6.29 Å². The first kappa shape index (κ1) is 11.1. The number of hydrogen-bond donors (Lipinski definition) is 0. The van der Waals surface area contributed by atoms with Crippen molar-refractivity contribution < 1.29 is 4.79 Å². The molecule has 0 rings (SSSR count). The number of aldehydes is 1. The lowest BCUT2D eigenvalue weighted by Crippen LogP contribution is -1.92. The zero-order valence-electron chi connectivity index (χ0n) is 4.98. The van der Waals surface area contributed by atoms with Gasteiger partial charge in [-0.2, -0.15) is 0 Å². The molecule has 1 atom stereocenters. The van der Waals surface area contributed by atoms with Gasteiger partial charge >= 0.3 is 0 Å². The predicted molar refractivity (Wildman–Crippen MR) is 40.1 cm³/mol. The minimum absolute atomic E-state index is 0. The van der Waals surface area contributed by atoms with Crippen molar-refractivity contribution in [1.82, 2.24) is 0 Å². The van der Waals surface area contributed by atoms with Crippen molar-refractivity contribution in [2.24, 2.45) is 5.92 Å². The van der Waals surface area contributed by atoms with Crippen LogP contribution < -0.4 is 0 Å².